The van der Waals surface area contributed by atoms with Gasteiger partial charge in [-0.05, 0) is 42.8 Å². The molecule has 3 rings (SSSR count). The Labute approximate surface area is 155 Å². The molecule has 0 atom stereocenters. The normalized spacial score (nSPS) is 10.4. The summed E-state index contributed by atoms with van der Waals surface area (Å²) in [6, 6.07) is 10.9. The standard InChI is InChI=1S/C17H15Cl2N5O/c1-10-3-5-12(8-13(10)19)21-17-23-16(9-20-24-17)22-14-7-11(18)4-6-15(14)25-2/h3-9H,1-2H3,(H2,21,22,23,24). The second-order valence-electron chi connectivity index (χ2n) is 5.22. The van der Waals surface area contributed by atoms with E-state index in [4.69, 9.17) is 27.9 Å². The van der Waals surface area contributed by atoms with Gasteiger partial charge in [0.25, 0.3) is 0 Å². The fraction of sp³-hybridized carbons (Fsp3) is 0.118. The van der Waals surface area contributed by atoms with Crippen LogP contribution >= 0.6 is 23.2 Å². The quantitative estimate of drug-likeness (QED) is 0.654. The lowest BCUT2D eigenvalue weighted by atomic mass is 10.2. The molecule has 2 N–H and O–H groups in total. The number of aryl methyl sites for hydroxylation is 1. The van der Waals surface area contributed by atoms with Gasteiger partial charge in [-0.1, -0.05) is 29.3 Å². The molecule has 25 heavy (non-hydrogen) atoms. The molecule has 128 valence electrons. The molecule has 0 unspecified atom stereocenters. The summed E-state index contributed by atoms with van der Waals surface area (Å²) in [4.78, 5) is 4.38. The summed E-state index contributed by atoms with van der Waals surface area (Å²) in [5.41, 5.74) is 2.45. The maximum absolute atomic E-state index is 6.13. The predicted octanol–water partition coefficient (Wildman–Crippen LogP) is 4.98. The summed E-state index contributed by atoms with van der Waals surface area (Å²) in [5, 5.41) is 15.4. The van der Waals surface area contributed by atoms with Crippen molar-refractivity contribution in [1.29, 1.82) is 0 Å². The van der Waals surface area contributed by atoms with Crippen molar-refractivity contribution in [3.8, 4) is 5.75 Å². The molecular formula is C17H15Cl2N5O. The fourth-order valence-corrected chi connectivity index (χ4v) is 2.48. The second-order valence-corrected chi connectivity index (χ2v) is 6.07. The lowest BCUT2D eigenvalue weighted by Gasteiger charge is -2.11. The number of nitrogens with one attached hydrogen (secondary N) is 2. The summed E-state index contributed by atoms with van der Waals surface area (Å²) < 4.78 is 5.31. The summed E-state index contributed by atoms with van der Waals surface area (Å²) in [6.07, 6.45) is 1.51. The van der Waals surface area contributed by atoms with Crippen LogP contribution < -0.4 is 15.4 Å². The van der Waals surface area contributed by atoms with Crippen molar-refractivity contribution >= 4 is 46.3 Å². The van der Waals surface area contributed by atoms with Crippen molar-refractivity contribution in [3.05, 3.63) is 58.2 Å². The summed E-state index contributed by atoms with van der Waals surface area (Å²) in [6.45, 7) is 1.94. The maximum atomic E-state index is 6.13. The van der Waals surface area contributed by atoms with Gasteiger partial charge in [-0.2, -0.15) is 10.1 Å². The Morgan fingerprint density at radius 1 is 1.04 bits per heavy atom. The molecule has 0 amide bonds. The molecule has 0 bridgehead atoms. The molecule has 1 heterocycles. The van der Waals surface area contributed by atoms with E-state index in [1.807, 2.05) is 19.1 Å². The van der Waals surface area contributed by atoms with Crippen LogP contribution in [0.2, 0.25) is 10.0 Å². The van der Waals surface area contributed by atoms with E-state index < -0.39 is 0 Å². The topological polar surface area (TPSA) is 72.0 Å². The van der Waals surface area contributed by atoms with Crippen LogP contribution in [0.1, 0.15) is 5.56 Å². The minimum absolute atomic E-state index is 0.339. The van der Waals surface area contributed by atoms with E-state index in [2.05, 4.69) is 25.8 Å². The minimum atomic E-state index is 0.339. The van der Waals surface area contributed by atoms with Gasteiger partial charge in [0.2, 0.25) is 5.95 Å². The molecule has 0 saturated carbocycles. The average Bonchev–Trinajstić information content (AvgIpc) is 2.59. The van der Waals surface area contributed by atoms with Crippen LogP contribution in [0.25, 0.3) is 0 Å². The monoisotopic (exact) mass is 375 g/mol. The van der Waals surface area contributed by atoms with E-state index in [9.17, 15) is 0 Å². The van der Waals surface area contributed by atoms with E-state index in [1.165, 1.54) is 6.20 Å². The number of rotatable bonds is 5. The number of nitrogens with zero attached hydrogens (tertiary/aromatic N) is 3. The van der Waals surface area contributed by atoms with Crippen LogP contribution in [0.15, 0.2) is 42.6 Å². The van der Waals surface area contributed by atoms with E-state index in [1.54, 1.807) is 31.4 Å². The van der Waals surface area contributed by atoms with E-state index in [0.29, 0.717) is 33.2 Å². The summed E-state index contributed by atoms with van der Waals surface area (Å²) in [7, 11) is 1.58. The Morgan fingerprint density at radius 2 is 1.88 bits per heavy atom. The predicted molar refractivity (Wildman–Crippen MR) is 101 cm³/mol. The van der Waals surface area contributed by atoms with Gasteiger partial charge in [-0.25, -0.2) is 0 Å². The van der Waals surface area contributed by atoms with Crippen molar-refractivity contribution in [1.82, 2.24) is 15.2 Å². The van der Waals surface area contributed by atoms with Crippen LogP contribution in [-0.4, -0.2) is 22.3 Å². The molecule has 1 aromatic heterocycles. The Morgan fingerprint density at radius 3 is 2.64 bits per heavy atom. The van der Waals surface area contributed by atoms with Gasteiger partial charge in [0.05, 0.1) is 19.0 Å². The highest BCUT2D eigenvalue weighted by Crippen LogP contribution is 2.30. The molecule has 8 heteroatoms. The molecule has 0 aliphatic carbocycles. The molecular weight excluding hydrogens is 361 g/mol. The zero-order valence-electron chi connectivity index (χ0n) is 13.5. The molecule has 6 nitrogen and oxygen atoms in total. The third-order valence-electron chi connectivity index (χ3n) is 3.41. The number of hydrogen-bond donors (Lipinski definition) is 2. The first kappa shape index (κ1) is 17.3. The number of hydrogen-bond acceptors (Lipinski definition) is 6. The number of benzene rings is 2. The van der Waals surface area contributed by atoms with Crippen molar-refractivity contribution in [2.45, 2.75) is 6.92 Å². The summed E-state index contributed by atoms with van der Waals surface area (Å²) >= 11 is 12.2. The molecule has 3 aromatic rings. The van der Waals surface area contributed by atoms with Crippen LogP contribution in [0.3, 0.4) is 0 Å². The van der Waals surface area contributed by atoms with Crippen molar-refractivity contribution < 1.29 is 4.74 Å². The van der Waals surface area contributed by atoms with Crippen molar-refractivity contribution in [3.63, 3.8) is 0 Å². The van der Waals surface area contributed by atoms with Gasteiger partial charge in [-0.3, -0.25) is 0 Å². The highest BCUT2D eigenvalue weighted by atomic mass is 35.5. The highest BCUT2D eigenvalue weighted by molar-refractivity contribution is 6.31. The first-order valence-electron chi connectivity index (χ1n) is 7.38. The first-order chi connectivity index (χ1) is 12.0. The molecule has 0 radical (unpaired) electrons. The smallest absolute Gasteiger partial charge is 0.249 e. The van der Waals surface area contributed by atoms with Crippen molar-refractivity contribution in [2.75, 3.05) is 17.7 Å². The average molecular weight is 376 g/mol. The van der Waals surface area contributed by atoms with Gasteiger partial charge in [0, 0.05) is 15.7 Å². The number of aromatic nitrogens is 3. The maximum Gasteiger partial charge on any atom is 0.249 e. The number of ether oxygens (including phenoxy) is 1. The highest BCUT2D eigenvalue weighted by Gasteiger charge is 2.07. The molecule has 2 aromatic carbocycles. The third-order valence-corrected chi connectivity index (χ3v) is 4.05. The van der Waals surface area contributed by atoms with Gasteiger partial charge in [-0.15, -0.1) is 5.10 Å². The number of halogens is 2. The zero-order valence-corrected chi connectivity index (χ0v) is 15.1. The molecule has 0 aliphatic rings. The van der Waals surface area contributed by atoms with Crippen LogP contribution in [-0.2, 0) is 0 Å². The number of methoxy groups -OCH3 is 1. The van der Waals surface area contributed by atoms with Crippen LogP contribution in [0.4, 0.5) is 23.1 Å². The fourth-order valence-electron chi connectivity index (χ4n) is 2.13. The Balaban J connectivity index is 1.82. The number of anilines is 4. The molecule has 0 fully saturated rings. The van der Waals surface area contributed by atoms with Gasteiger partial charge < -0.3 is 15.4 Å². The van der Waals surface area contributed by atoms with E-state index >= 15 is 0 Å². The first-order valence-corrected chi connectivity index (χ1v) is 8.14. The van der Waals surface area contributed by atoms with E-state index in [-0.39, 0.29) is 0 Å². The summed E-state index contributed by atoms with van der Waals surface area (Å²) in [5.74, 6) is 1.48. The van der Waals surface area contributed by atoms with Crippen molar-refractivity contribution in [2.24, 2.45) is 0 Å². The van der Waals surface area contributed by atoms with Gasteiger partial charge in [0.1, 0.15) is 5.75 Å². The van der Waals surface area contributed by atoms with Crippen LogP contribution in [0.5, 0.6) is 5.75 Å². The SMILES string of the molecule is COc1ccc(Cl)cc1Nc1cnnc(Nc2ccc(C)c(Cl)c2)n1. The van der Waals surface area contributed by atoms with Gasteiger partial charge >= 0.3 is 0 Å². The molecule has 0 saturated heterocycles. The Bertz CT molecular complexity index is 904. The zero-order chi connectivity index (χ0) is 17.8. The lowest BCUT2D eigenvalue weighted by molar-refractivity contribution is 0.417. The second kappa shape index (κ2) is 7.55. The van der Waals surface area contributed by atoms with Gasteiger partial charge in [0.15, 0.2) is 5.82 Å². The Kier molecular flexibility index (Phi) is 5.21. The molecule has 0 aliphatic heterocycles. The van der Waals surface area contributed by atoms with E-state index in [0.717, 1.165) is 11.3 Å². The molecule has 0 spiro atoms. The largest absolute Gasteiger partial charge is 0.495 e. The minimum Gasteiger partial charge on any atom is -0.495 e. The third kappa shape index (κ3) is 4.29. The van der Waals surface area contributed by atoms with Crippen LogP contribution in [0, 0.1) is 6.92 Å². The lowest BCUT2D eigenvalue weighted by Crippen LogP contribution is -2.03. The Hall–Kier alpha value is -2.57.